The van der Waals surface area contributed by atoms with Gasteiger partial charge in [0.15, 0.2) is 5.11 Å². The van der Waals surface area contributed by atoms with Crippen LogP contribution in [0.5, 0.6) is 5.75 Å². The lowest BCUT2D eigenvalue weighted by Gasteiger charge is -2.15. The maximum absolute atomic E-state index is 12.5. The summed E-state index contributed by atoms with van der Waals surface area (Å²) in [5, 5.41) is 15.0. The number of halogens is 4. The molecule has 0 spiro atoms. The molecule has 2 rings (SSSR count). The number of anilines is 1. The zero-order chi connectivity index (χ0) is 20.3. The third-order valence-corrected chi connectivity index (χ3v) is 5.38. The fourth-order valence-electron chi connectivity index (χ4n) is 2.12. The Morgan fingerprint density at radius 1 is 1.15 bits per heavy atom. The summed E-state index contributed by atoms with van der Waals surface area (Å²) in [6.45, 7) is 0. The van der Waals surface area contributed by atoms with Crippen molar-refractivity contribution in [1.82, 2.24) is 5.32 Å². The molecule has 11 heteroatoms. The van der Waals surface area contributed by atoms with E-state index in [-0.39, 0.29) is 37.7 Å². The first-order chi connectivity index (χ1) is 12.6. The van der Waals surface area contributed by atoms with Gasteiger partial charge in [-0.15, -0.1) is 0 Å². The van der Waals surface area contributed by atoms with E-state index in [1.54, 1.807) is 6.07 Å². The largest absolute Gasteiger partial charge is 0.494 e. The van der Waals surface area contributed by atoms with E-state index >= 15 is 0 Å². The van der Waals surface area contributed by atoms with Crippen LogP contribution in [0.1, 0.15) is 20.7 Å². The average molecular weight is 651 g/mol. The molecule has 142 valence electrons. The molecule has 0 aliphatic carbocycles. The van der Waals surface area contributed by atoms with Crippen LogP contribution in [0.15, 0.2) is 24.3 Å². The summed E-state index contributed by atoms with van der Waals surface area (Å²) in [5.41, 5.74) is 0.408. The van der Waals surface area contributed by atoms with E-state index in [9.17, 15) is 14.7 Å². The summed E-state index contributed by atoms with van der Waals surface area (Å²) >= 11 is 21.1. The Morgan fingerprint density at radius 3 is 2.41 bits per heavy atom. The lowest BCUT2D eigenvalue weighted by molar-refractivity contribution is 0.0697. The van der Waals surface area contributed by atoms with Gasteiger partial charge in [-0.2, -0.15) is 0 Å². The van der Waals surface area contributed by atoms with Crippen LogP contribution in [-0.4, -0.2) is 29.2 Å². The Balaban J connectivity index is 2.28. The number of methoxy groups -OCH3 is 1. The van der Waals surface area contributed by atoms with Crippen molar-refractivity contribution < 1.29 is 19.4 Å². The zero-order valence-electron chi connectivity index (χ0n) is 13.4. The van der Waals surface area contributed by atoms with Crippen molar-refractivity contribution in [2.24, 2.45) is 0 Å². The molecule has 0 bridgehead atoms. The highest BCUT2D eigenvalue weighted by Gasteiger charge is 2.20. The first kappa shape index (κ1) is 22.4. The molecular formula is C16H10Cl2I2N2O4S. The number of carbonyl (C=O) groups is 2. The van der Waals surface area contributed by atoms with Gasteiger partial charge in [0.05, 0.1) is 28.9 Å². The molecule has 0 fully saturated rings. The molecule has 0 aliphatic heterocycles. The van der Waals surface area contributed by atoms with Crippen LogP contribution < -0.4 is 15.4 Å². The van der Waals surface area contributed by atoms with Gasteiger partial charge < -0.3 is 15.2 Å². The van der Waals surface area contributed by atoms with Crippen LogP contribution in [0.2, 0.25) is 10.0 Å². The number of nitrogens with one attached hydrogen (secondary N) is 2. The summed E-state index contributed by atoms with van der Waals surface area (Å²) in [5.74, 6) is -1.58. The number of ether oxygens (including phenoxy) is 1. The topological polar surface area (TPSA) is 87.7 Å². The molecule has 1 amide bonds. The summed E-state index contributed by atoms with van der Waals surface area (Å²) < 4.78 is 6.53. The molecule has 2 aromatic rings. The molecule has 0 unspecified atom stereocenters. The molecular weight excluding hydrogens is 641 g/mol. The number of carboxylic acid groups (broad SMARTS) is 1. The van der Waals surface area contributed by atoms with Gasteiger partial charge in [-0.1, -0.05) is 23.2 Å². The second-order valence-corrected chi connectivity index (χ2v) is 8.65. The van der Waals surface area contributed by atoms with Gasteiger partial charge >= 0.3 is 5.97 Å². The fourth-order valence-corrected chi connectivity index (χ4v) is 4.87. The highest BCUT2D eigenvalue weighted by Crippen LogP contribution is 2.32. The molecule has 27 heavy (non-hydrogen) atoms. The molecule has 0 aromatic heterocycles. The van der Waals surface area contributed by atoms with Crippen LogP contribution >= 0.6 is 80.6 Å². The second kappa shape index (κ2) is 9.54. The van der Waals surface area contributed by atoms with E-state index in [1.165, 1.54) is 25.3 Å². The average Bonchev–Trinajstić information content (AvgIpc) is 2.56. The summed E-state index contributed by atoms with van der Waals surface area (Å²) in [7, 11) is 1.37. The Kier molecular flexibility index (Phi) is 7.92. The number of carboxylic acids is 1. The number of rotatable bonds is 4. The monoisotopic (exact) mass is 650 g/mol. The minimum Gasteiger partial charge on any atom is -0.494 e. The highest BCUT2D eigenvalue weighted by molar-refractivity contribution is 14.1. The second-order valence-electron chi connectivity index (χ2n) is 4.99. The van der Waals surface area contributed by atoms with Crippen molar-refractivity contribution in [3.8, 4) is 5.75 Å². The first-order valence-corrected chi connectivity index (χ1v) is 10.3. The molecule has 6 nitrogen and oxygen atoms in total. The number of aromatic carboxylic acids is 1. The number of thiocarbonyl (C=S) groups is 1. The normalized spacial score (nSPS) is 10.3. The van der Waals surface area contributed by atoms with E-state index < -0.39 is 11.9 Å². The number of hydrogen-bond donors (Lipinski definition) is 3. The van der Waals surface area contributed by atoms with Crippen LogP contribution in [0.3, 0.4) is 0 Å². The van der Waals surface area contributed by atoms with Crippen LogP contribution in [0, 0.1) is 7.14 Å². The SMILES string of the molecule is COc1c(Cl)cc(Cl)cc1C(=O)NC(=S)Nc1c(I)cc(I)cc1C(=O)O. The maximum Gasteiger partial charge on any atom is 0.337 e. The Bertz CT molecular complexity index is 957. The van der Waals surface area contributed by atoms with E-state index in [0.717, 1.165) is 3.57 Å². The summed E-state index contributed by atoms with van der Waals surface area (Å²) in [6.07, 6.45) is 0. The van der Waals surface area contributed by atoms with Crippen LogP contribution in [0.25, 0.3) is 0 Å². The van der Waals surface area contributed by atoms with E-state index in [0.29, 0.717) is 3.57 Å². The van der Waals surface area contributed by atoms with Gasteiger partial charge in [-0.25, -0.2) is 4.79 Å². The molecule has 2 aromatic carbocycles. The Morgan fingerprint density at radius 2 is 1.81 bits per heavy atom. The third kappa shape index (κ3) is 5.56. The van der Waals surface area contributed by atoms with Crippen LogP contribution in [-0.2, 0) is 0 Å². The molecule has 0 saturated heterocycles. The lowest BCUT2D eigenvalue weighted by atomic mass is 10.2. The van der Waals surface area contributed by atoms with Gasteiger partial charge in [0, 0.05) is 12.2 Å². The van der Waals surface area contributed by atoms with Crippen molar-refractivity contribution in [2.45, 2.75) is 0 Å². The van der Waals surface area contributed by atoms with Crippen molar-refractivity contribution >= 4 is 103 Å². The minimum absolute atomic E-state index is 0.0336. The number of benzene rings is 2. The van der Waals surface area contributed by atoms with E-state index in [2.05, 4.69) is 10.6 Å². The minimum atomic E-state index is -1.12. The molecule has 0 saturated carbocycles. The predicted molar refractivity (Wildman–Crippen MR) is 126 cm³/mol. The van der Waals surface area contributed by atoms with Crippen molar-refractivity contribution in [3.05, 3.63) is 52.6 Å². The Hall–Kier alpha value is -0.890. The molecule has 0 aliphatic rings. The van der Waals surface area contributed by atoms with Crippen molar-refractivity contribution in [1.29, 1.82) is 0 Å². The zero-order valence-corrected chi connectivity index (χ0v) is 20.0. The standard InChI is InChI=1S/C16H10Cl2I2N2O4S/c1-26-13-9(2-6(17)3-10(13)18)14(23)22-16(27)21-12-8(15(24)25)4-7(19)5-11(12)20/h2-5H,1H3,(H,24,25)(H2,21,22,23,27). The Labute approximate surface area is 197 Å². The number of amides is 1. The first-order valence-electron chi connectivity index (χ1n) is 7.01. The summed E-state index contributed by atoms with van der Waals surface area (Å²) in [4.78, 5) is 24.0. The molecule has 3 N–H and O–H groups in total. The van der Waals surface area contributed by atoms with Gasteiger partial charge in [-0.3, -0.25) is 10.1 Å². The lowest BCUT2D eigenvalue weighted by Crippen LogP contribution is -2.35. The third-order valence-electron chi connectivity index (χ3n) is 3.21. The maximum atomic E-state index is 12.5. The van der Waals surface area contributed by atoms with Gasteiger partial charge in [0.1, 0.15) is 5.75 Å². The number of hydrogen-bond acceptors (Lipinski definition) is 4. The smallest absolute Gasteiger partial charge is 0.337 e. The number of carbonyl (C=O) groups excluding carboxylic acids is 1. The fraction of sp³-hybridized carbons (Fsp3) is 0.0625. The van der Waals surface area contributed by atoms with Gasteiger partial charge in [-0.05, 0) is 81.7 Å². The molecule has 0 radical (unpaired) electrons. The van der Waals surface area contributed by atoms with Crippen molar-refractivity contribution in [2.75, 3.05) is 12.4 Å². The highest BCUT2D eigenvalue weighted by atomic mass is 127. The van der Waals surface area contributed by atoms with Gasteiger partial charge in [0.25, 0.3) is 5.91 Å². The van der Waals surface area contributed by atoms with E-state index in [1.807, 2.05) is 45.2 Å². The predicted octanol–water partition coefficient (Wildman–Crippen LogP) is 5.04. The summed E-state index contributed by atoms with van der Waals surface area (Å²) in [6, 6.07) is 6.11. The molecule has 0 heterocycles. The van der Waals surface area contributed by atoms with Crippen LogP contribution in [0.4, 0.5) is 5.69 Å². The van der Waals surface area contributed by atoms with Gasteiger partial charge in [0.2, 0.25) is 0 Å². The molecule has 0 atom stereocenters. The van der Waals surface area contributed by atoms with E-state index in [4.69, 9.17) is 40.2 Å². The quantitative estimate of drug-likeness (QED) is 0.318. The van der Waals surface area contributed by atoms with Crippen molar-refractivity contribution in [3.63, 3.8) is 0 Å².